The largest absolute Gasteiger partial charge is 0.464 e. The van der Waals surface area contributed by atoms with Crippen LogP contribution in [0, 0.1) is 17.6 Å². The molecule has 1 saturated carbocycles. The summed E-state index contributed by atoms with van der Waals surface area (Å²) in [4.78, 5) is -0.552. The van der Waals surface area contributed by atoms with Gasteiger partial charge in [-0.25, -0.2) is 17.2 Å². The quantitative estimate of drug-likeness (QED) is 0.836. The van der Waals surface area contributed by atoms with Crippen molar-refractivity contribution in [2.45, 2.75) is 30.7 Å². The van der Waals surface area contributed by atoms with Crippen LogP contribution in [0.25, 0.3) is 0 Å². The van der Waals surface area contributed by atoms with E-state index in [-0.39, 0.29) is 6.54 Å². The zero-order valence-corrected chi connectivity index (χ0v) is 13.6. The minimum Gasteiger partial charge on any atom is -0.464 e. The lowest BCUT2D eigenvalue weighted by Gasteiger charge is -2.16. The fourth-order valence-corrected chi connectivity index (χ4v) is 3.73. The molecule has 23 heavy (non-hydrogen) atoms. The number of sulfonamides is 1. The van der Waals surface area contributed by atoms with Crippen LogP contribution in [-0.2, 0) is 16.6 Å². The van der Waals surface area contributed by atoms with Gasteiger partial charge in [0.05, 0.1) is 6.54 Å². The number of rotatable bonds is 5. The third-order valence-corrected chi connectivity index (χ3v) is 5.95. The van der Waals surface area contributed by atoms with E-state index in [0.717, 1.165) is 28.6 Å². The lowest BCUT2D eigenvalue weighted by Crippen LogP contribution is -2.27. The Hall–Kier alpha value is -1.73. The first-order valence-electron chi connectivity index (χ1n) is 7.29. The number of nitrogens with zero attached hydrogens (tertiary/aromatic N) is 1. The Bertz CT molecular complexity index is 832. The molecule has 1 aromatic heterocycles. The van der Waals surface area contributed by atoms with E-state index in [9.17, 15) is 17.2 Å². The normalized spacial score (nSPS) is 20.9. The van der Waals surface area contributed by atoms with Crippen molar-refractivity contribution in [1.29, 1.82) is 0 Å². The molecule has 0 radical (unpaired) electrons. The Morgan fingerprint density at radius 3 is 2.57 bits per heavy atom. The number of hydrogen-bond donors (Lipinski definition) is 0. The van der Waals surface area contributed by atoms with Crippen LogP contribution in [0.5, 0.6) is 0 Å². The van der Waals surface area contributed by atoms with E-state index >= 15 is 0 Å². The zero-order chi connectivity index (χ0) is 16.8. The van der Waals surface area contributed by atoms with Crippen molar-refractivity contribution in [3.63, 3.8) is 0 Å². The number of furan rings is 1. The maximum atomic E-state index is 13.7. The van der Waals surface area contributed by atoms with Crippen LogP contribution in [0.2, 0.25) is 0 Å². The van der Waals surface area contributed by atoms with Gasteiger partial charge in [-0.1, -0.05) is 6.92 Å². The average molecular weight is 341 g/mol. The van der Waals surface area contributed by atoms with Crippen molar-refractivity contribution in [2.24, 2.45) is 5.92 Å². The van der Waals surface area contributed by atoms with Gasteiger partial charge in [0.2, 0.25) is 10.0 Å². The predicted octanol–water partition coefficient (Wildman–Crippen LogP) is 3.50. The Labute approximate surface area is 133 Å². The highest BCUT2D eigenvalue weighted by Crippen LogP contribution is 2.47. The third kappa shape index (κ3) is 3.16. The molecule has 1 fully saturated rings. The first-order valence-corrected chi connectivity index (χ1v) is 8.73. The molecule has 0 spiro atoms. The Morgan fingerprint density at radius 1 is 1.26 bits per heavy atom. The standard InChI is InChI=1S/C16H17F2NO3S/c1-10-7-13(10)15-5-4-12(22-15)9-19(2)23(20,21)16-6-3-11(17)8-14(16)18/h3-6,8,10,13H,7,9H2,1-2H3/t10-,13+/m1/s1. The summed E-state index contributed by atoms with van der Waals surface area (Å²) < 4.78 is 58.1. The van der Waals surface area contributed by atoms with Gasteiger partial charge in [0.25, 0.3) is 0 Å². The second kappa shape index (κ2) is 5.72. The molecular weight excluding hydrogens is 324 g/mol. The van der Waals surface area contributed by atoms with Gasteiger partial charge in [-0.3, -0.25) is 0 Å². The molecule has 3 rings (SSSR count). The molecule has 4 nitrogen and oxygen atoms in total. The summed E-state index contributed by atoms with van der Waals surface area (Å²) in [5.74, 6) is 0.407. The molecule has 0 N–H and O–H groups in total. The van der Waals surface area contributed by atoms with Crippen LogP contribution in [0.1, 0.15) is 30.8 Å². The van der Waals surface area contributed by atoms with Crippen molar-refractivity contribution < 1.29 is 21.6 Å². The van der Waals surface area contributed by atoms with Crippen LogP contribution >= 0.6 is 0 Å². The first kappa shape index (κ1) is 16.1. The van der Waals surface area contributed by atoms with E-state index in [4.69, 9.17) is 4.42 Å². The topological polar surface area (TPSA) is 50.5 Å². The summed E-state index contributed by atoms with van der Waals surface area (Å²) >= 11 is 0. The second-order valence-corrected chi connectivity index (χ2v) is 7.97. The summed E-state index contributed by atoms with van der Waals surface area (Å²) in [6.07, 6.45) is 1.07. The van der Waals surface area contributed by atoms with Crippen LogP contribution in [0.3, 0.4) is 0 Å². The van der Waals surface area contributed by atoms with Crippen LogP contribution < -0.4 is 0 Å². The monoisotopic (exact) mass is 341 g/mol. The van der Waals surface area contributed by atoms with Crippen LogP contribution in [0.15, 0.2) is 39.6 Å². The molecular formula is C16H17F2NO3S. The molecule has 1 aromatic carbocycles. The summed E-state index contributed by atoms with van der Waals surface area (Å²) in [6, 6.07) is 5.98. The number of hydrogen-bond acceptors (Lipinski definition) is 3. The van der Waals surface area contributed by atoms with Gasteiger partial charge in [-0.05, 0) is 36.6 Å². The fraction of sp³-hybridized carbons (Fsp3) is 0.375. The lowest BCUT2D eigenvalue weighted by atomic mass is 10.3. The molecule has 124 valence electrons. The number of benzene rings is 1. The predicted molar refractivity (Wildman–Crippen MR) is 80.2 cm³/mol. The van der Waals surface area contributed by atoms with Gasteiger partial charge in [0.1, 0.15) is 28.1 Å². The molecule has 0 unspecified atom stereocenters. The average Bonchev–Trinajstić information content (AvgIpc) is 3.01. The zero-order valence-electron chi connectivity index (χ0n) is 12.8. The molecule has 2 atom stereocenters. The summed E-state index contributed by atoms with van der Waals surface area (Å²) in [5, 5.41) is 0. The van der Waals surface area contributed by atoms with Gasteiger partial charge in [-0.15, -0.1) is 0 Å². The SMILES string of the molecule is C[C@@H]1C[C@@H]1c1ccc(CN(C)S(=O)(=O)c2ccc(F)cc2F)o1. The third-order valence-electron chi connectivity index (χ3n) is 4.12. The maximum absolute atomic E-state index is 13.7. The fourth-order valence-electron chi connectivity index (χ4n) is 2.55. The van der Waals surface area contributed by atoms with Crippen LogP contribution in [-0.4, -0.2) is 19.8 Å². The van der Waals surface area contributed by atoms with Gasteiger partial charge in [0, 0.05) is 19.0 Å². The molecule has 1 aliphatic rings. The molecule has 7 heteroatoms. The van der Waals surface area contributed by atoms with E-state index in [1.165, 1.54) is 7.05 Å². The Kier molecular flexibility index (Phi) is 4.01. The van der Waals surface area contributed by atoms with E-state index in [0.29, 0.717) is 23.7 Å². The maximum Gasteiger partial charge on any atom is 0.246 e. The van der Waals surface area contributed by atoms with Crippen LogP contribution in [0.4, 0.5) is 8.78 Å². The van der Waals surface area contributed by atoms with Crippen molar-refractivity contribution in [2.75, 3.05) is 7.05 Å². The molecule has 2 aromatic rings. The molecule has 0 bridgehead atoms. The number of halogens is 2. The minimum absolute atomic E-state index is 0.0136. The van der Waals surface area contributed by atoms with E-state index < -0.39 is 26.6 Å². The van der Waals surface area contributed by atoms with E-state index in [1.807, 2.05) is 6.07 Å². The van der Waals surface area contributed by atoms with Crippen molar-refractivity contribution in [3.8, 4) is 0 Å². The van der Waals surface area contributed by atoms with Crippen molar-refractivity contribution in [3.05, 3.63) is 53.5 Å². The molecule has 0 aliphatic heterocycles. The smallest absolute Gasteiger partial charge is 0.246 e. The van der Waals surface area contributed by atoms with E-state index in [2.05, 4.69) is 6.92 Å². The molecule has 1 aliphatic carbocycles. The lowest BCUT2D eigenvalue weighted by molar-refractivity contribution is 0.388. The highest BCUT2D eigenvalue weighted by atomic mass is 32.2. The highest BCUT2D eigenvalue weighted by Gasteiger charge is 2.36. The molecule has 1 heterocycles. The summed E-state index contributed by atoms with van der Waals surface area (Å²) in [6.45, 7) is 2.11. The Balaban J connectivity index is 1.78. The summed E-state index contributed by atoms with van der Waals surface area (Å²) in [7, 11) is -2.73. The van der Waals surface area contributed by atoms with Gasteiger partial charge in [-0.2, -0.15) is 4.31 Å². The summed E-state index contributed by atoms with van der Waals surface area (Å²) in [5.41, 5.74) is 0. The van der Waals surface area contributed by atoms with E-state index in [1.54, 1.807) is 6.07 Å². The first-order chi connectivity index (χ1) is 10.8. The van der Waals surface area contributed by atoms with Crippen molar-refractivity contribution in [1.82, 2.24) is 4.31 Å². The van der Waals surface area contributed by atoms with Gasteiger partial charge in [0.15, 0.2) is 0 Å². The molecule has 0 saturated heterocycles. The highest BCUT2D eigenvalue weighted by molar-refractivity contribution is 7.89. The Morgan fingerprint density at radius 2 is 1.96 bits per heavy atom. The second-order valence-electron chi connectivity index (χ2n) is 5.96. The van der Waals surface area contributed by atoms with Gasteiger partial charge < -0.3 is 4.42 Å². The van der Waals surface area contributed by atoms with Crippen molar-refractivity contribution >= 4 is 10.0 Å². The minimum atomic E-state index is -4.06. The molecule has 0 amide bonds. The van der Waals surface area contributed by atoms with Gasteiger partial charge >= 0.3 is 0 Å².